The van der Waals surface area contributed by atoms with E-state index in [-0.39, 0.29) is 0 Å². The lowest BCUT2D eigenvalue weighted by molar-refractivity contribution is 0.454. The minimum atomic E-state index is -0.405. The molecule has 0 bridgehead atoms. The van der Waals surface area contributed by atoms with Crippen molar-refractivity contribution in [2.75, 3.05) is 0 Å². The zero-order valence-electron chi connectivity index (χ0n) is 14.5. The second-order valence-electron chi connectivity index (χ2n) is 6.82. The molecule has 1 atom stereocenters. The van der Waals surface area contributed by atoms with E-state index in [0.717, 1.165) is 24.6 Å². The highest BCUT2D eigenvalue weighted by Crippen LogP contribution is 2.35. The van der Waals surface area contributed by atoms with Crippen molar-refractivity contribution in [2.45, 2.75) is 32.6 Å². The molecular weight excluding hydrogens is 344 g/mol. The van der Waals surface area contributed by atoms with Crippen molar-refractivity contribution in [3.8, 4) is 17.3 Å². The highest BCUT2D eigenvalue weighted by molar-refractivity contribution is 7.11. The Morgan fingerprint density at radius 1 is 1.38 bits per heavy atom. The van der Waals surface area contributed by atoms with Gasteiger partial charge in [0.2, 0.25) is 0 Å². The predicted octanol–water partition coefficient (Wildman–Crippen LogP) is 5.40. The van der Waals surface area contributed by atoms with E-state index in [9.17, 15) is 10.1 Å². The molecule has 5 heteroatoms. The van der Waals surface area contributed by atoms with Gasteiger partial charge in [-0.2, -0.15) is 5.26 Å². The summed E-state index contributed by atoms with van der Waals surface area (Å²) in [6, 6.07) is 11.6. The van der Waals surface area contributed by atoms with Crippen LogP contribution in [0.2, 0.25) is 0 Å². The van der Waals surface area contributed by atoms with E-state index in [4.69, 9.17) is 4.42 Å². The summed E-state index contributed by atoms with van der Waals surface area (Å²) in [7, 11) is 0. The second kappa shape index (κ2) is 6.89. The molecule has 0 amide bonds. The van der Waals surface area contributed by atoms with Gasteiger partial charge in [0.1, 0.15) is 16.7 Å². The number of nitriles is 1. The number of hydrogen-bond donors (Lipinski definition) is 0. The quantitative estimate of drug-likeness (QED) is 0.452. The average Bonchev–Trinajstić information content (AvgIpc) is 3.11. The third kappa shape index (κ3) is 3.09. The van der Waals surface area contributed by atoms with Crippen molar-refractivity contribution in [3.05, 3.63) is 56.7 Å². The largest absolute Gasteiger partial charge is 0.422 e. The number of aromatic nitrogens is 1. The Morgan fingerprint density at radius 3 is 3.04 bits per heavy atom. The van der Waals surface area contributed by atoms with Crippen molar-refractivity contribution in [1.82, 2.24) is 4.98 Å². The summed E-state index contributed by atoms with van der Waals surface area (Å²) in [5, 5.41) is 13.1. The number of nitrogens with zero attached hydrogens (tertiary/aromatic N) is 2. The highest BCUT2D eigenvalue weighted by Gasteiger charge is 2.20. The summed E-state index contributed by atoms with van der Waals surface area (Å²) in [4.78, 5) is 16.9. The van der Waals surface area contributed by atoms with Gasteiger partial charge in [0, 0.05) is 10.8 Å². The van der Waals surface area contributed by atoms with Crippen LogP contribution in [0.4, 0.5) is 0 Å². The Morgan fingerprint density at radius 2 is 2.23 bits per heavy atom. The lowest BCUT2D eigenvalue weighted by Crippen LogP contribution is -2.06. The van der Waals surface area contributed by atoms with Crippen LogP contribution < -0.4 is 5.63 Å². The first-order chi connectivity index (χ1) is 12.7. The van der Waals surface area contributed by atoms with Gasteiger partial charge in [0.15, 0.2) is 0 Å². The van der Waals surface area contributed by atoms with Crippen molar-refractivity contribution >= 4 is 27.9 Å². The monoisotopic (exact) mass is 362 g/mol. The van der Waals surface area contributed by atoms with Crippen molar-refractivity contribution in [3.63, 3.8) is 0 Å². The van der Waals surface area contributed by atoms with Crippen LogP contribution in [0.25, 0.3) is 27.8 Å². The molecule has 1 saturated carbocycles. The maximum absolute atomic E-state index is 12.3. The maximum atomic E-state index is 12.3. The average molecular weight is 362 g/mol. The molecule has 26 heavy (non-hydrogen) atoms. The van der Waals surface area contributed by atoms with Crippen LogP contribution >= 0.6 is 11.3 Å². The molecule has 130 valence electrons. The first-order valence-electron chi connectivity index (χ1n) is 8.77. The van der Waals surface area contributed by atoms with Gasteiger partial charge in [-0.15, -0.1) is 11.3 Å². The number of para-hydroxylation sites is 1. The number of hydrogen-bond acceptors (Lipinski definition) is 5. The topological polar surface area (TPSA) is 66.9 Å². The van der Waals surface area contributed by atoms with Crippen LogP contribution in [0.5, 0.6) is 0 Å². The van der Waals surface area contributed by atoms with Gasteiger partial charge in [-0.05, 0) is 42.9 Å². The molecule has 1 fully saturated rings. The van der Waals surface area contributed by atoms with E-state index < -0.39 is 5.63 Å². The van der Waals surface area contributed by atoms with E-state index >= 15 is 0 Å². The summed E-state index contributed by atoms with van der Waals surface area (Å²) in [5.41, 5.74) is 3.04. The fraction of sp³-hybridized carbons (Fsp3) is 0.286. The molecule has 0 aliphatic heterocycles. The molecule has 2 aromatic heterocycles. The molecule has 0 unspecified atom stereocenters. The molecule has 4 rings (SSSR count). The predicted molar refractivity (Wildman–Crippen MR) is 104 cm³/mol. The number of rotatable bonds is 2. The zero-order valence-corrected chi connectivity index (χ0v) is 15.3. The standard InChI is InChI=1S/C21H18N2O2S/c1-13-5-4-7-14(9-13)17(11-22)20-23-18(12-26-20)16-10-15-6-2-3-8-19(15)25-21(16)24/h2-3,6,8,10,12-13H,4-5,7,9H2,1H3/b17-14-/t13-/m0/s1. The first kappa shape index (κ1) is 16.7. The zero-order chi connectivity index (χ0) is 18.1. The molecule has 2 heterocycles. The van der Waals surface area contributed by atoms with Gasteiger partial charge in [0.25, 0.3) is 0 Å². The molecule has 0 saturated heterocycles. The normalized spacial score (nSPS) is 19.3. The molecular formula is C21H18N2O2S. The minimum absolute atomic E-state index is 0.405. The van der Waals surface area contributed by atoms with Gasteiger partial charge < -0.3 is 4.42 Å². The van der Waals surface area contributed by atoms with Crippen LogP contribution in [0.3, 0.4) is 0 Å². The van der Waals surface area contributed by atoms with Crippen LogP contribution in [-0.4, -0.2) is 4.98 Å². The summed E-state index contributed by atoms with van der Waals surface area (Å²) in [5.74, 6) is 0.606. The van der Waals surface area contributed by atoms with Crippen molar-refractivity contribution in [2.24, 2.45) is 5.92 Å². The number of thiazole rings is 1. The maximum Gasteiger partial charge on any atom is 0.345 e. The molecule has 0 radical (unpaired) electrons. The SMILES string of the molecule is C[C@H]1CCC/C(=C(\C#N)c2nc(-c3cc4ccccc4oc3=O)cs2)C1. The summed E-state index contributed by atoms with van der Waals surface area (Å²) in [6.07, 6.45) is 4.24. The third-order valence-corrected chi connectivity index (χ3v) is 5.73. The highest BCUT2D eigenvalue weighted by atomic mass is 32.1. The Labute approximate surface area is 155 Å². The minimum Gasteiger partial charge on any atom is -0.422 e. The van der Waals surface area contributed by atoms with E-state index in [0.29, 0.717) is 33.3 Å². The molecule has 4 nitrogen and oxygen atoms in total. The van der Waals surface area contributed by atoms with Gasteiger partial charge in [0.05, 0.1) is 16.8 Å². The smallest absolute Gasteiger partial charge is 0.345 e. The molecule has 1 aliphatic carbocycles. The van der Waals surface area contributed by atoms with Crippen LogP contribution in [0.1, 0.15) is 37.6 Å². The van der Waals surface area contributed by atoms with Gasteiger partial charge >= 0.3 is 5.63 Å². The van der Waals surface area contributed by atoms with Gasteiger partial charge in [-0.1, -0.05) is 31.5 Å². The lowest BCUT2D eigenvalue weighted by Gasteiger charge is -2.21. The Bertz CT molecular complexity index is 1100. The molecule has 0 spiro atoms. The van der Waals surface area contributed by atoms with Crippen LogP contribution in [0.15, 0.2) is 50.5 Å². The number of fused-ring (bicyclic) bond motifs is 1. The van der Waals surface area contributed by atoms with E-state index in [1.165, 1.54) is 23.3 Å². The Hall–Kier alpha value is -2.71. The second-order valence-corrected chi connectivity index (χ2v) is 7.67. The fourth-order valence-electron chi connectivity index (χ4n) is 3.55. The Kier molecular flexibility index (Phi) is 4.44. The van der Waals surface area contributed by atoms with E-state index in [2.05, 4.69) is 18.0 Å². The third-order valence-electron chi connectivity index (χ3n) is 4.87. The van der Waals surface area contributed by atoms with Crippen molar-refractivity contribution in [1.29, 1.82) is 5.26 Å². The molecule has 0 N–H and O–H groups in total. The van der Waals surface area contributed by atoms with Crippen LogP contribution in [0, 0.1) is 17.2 Å². The van der Waals surface area contributed by atoms with Gasteiger partial charge in [-0.3, -0.25) is 0 Å². The number of allylic oxidation sites excluding steroid dienone is 2. The van der Waals surface area contributed by atoms with Gasteiger partial charge in [-0.25, -0.2) is 9.78 Å². The van der Waals surface area contributed by atoms with E-state index in [1.54, 1.807) is 6.07 Å². The lowest BCUT2D eigenvalue weighted by atomic mass is 9.84. The first-order valence-corrected chi connectivity index (χ1v) is 9.65. The summed E-state index contributed by atoms with van der Waals surface area (Å²) >= 11 is 1.41. The fourth-order valence-corrected chi connectivity index (χ4v) is 4.41. The Balaban J connectivity index is 1.77. The van der Waals surface area contributed by atoms with E-state index in [1.807, 2.05) is 29.6 Å². The number of benzene rings is 1. The molecule has 1 aliphatic rings. The van der Waals surface area contributed by atoms with Crippen molar-refractivity contribution < 1.29 is 4.42 Å². The molecule has 1 aromatic carbocycles. The molecule has 3 aromatic rings. The van der Waals surface area contributed by atoms with Crippen LogP contribution in [-0.2, 0) is 0 Å². The summed E-state index contributed by atoms with van der Waals surface area (Å²) < 4.78 is 5.41. The summed E-state index contributed by atoms with van der Waals surface area (Å²) in [6.45, 7) is 2.22.